The van der Waals surface area contributed by atoms with E-state index in [2.05, 4.69) is 44.2 Å². The molecule has 1 atom stereocenters. The minimum absolute atomic E-state index is 0.00252. The van der Waals surface area contributed by atoms with Gasteiger partial charge < -0.3 is 35.9 Å². The number of hydrogen-bond acceptors (Lipinski definition) is 8. The molecule has 0 spiro atoms. The van der Waals surface area contributed by atoms with Crippen LogP contribution in [0.5, 0.6) is 5.75 Å². The molecule has 0 bridgehead atoms. The molecule has 6 N–H and O–H groups in total. The van der Waals surface area contributed by atoms with Crippen LogP contribution in [-0.4, -0.2) is 56.7 Å². The summed E-state index contributed by atoms with van der Waals surface area (Å²) in [5, 5.41) is 27.9. The molecule has 2 heterocycles. The minimum Gasteiger partial charge on any atom is -0.496 e. The third kappa shape index (κ3) is 5.34. The van der Waals surface area contributed by atoms with Crippen LogP contribution in [-0.2, 0) is 13.1 Å². The van der Waals surface area contributed by atoms with E-state index in [9.17, 15) is 10.2 Å². The SMILES string of the molecule is CCC[C@@H](CO)Nc1nc(N)nc2c3ccccc3n(Cc3cc(CNCC4(O)CC4)ccc3OC)c12. The summed E-state index contributed by atoms with van der Waals surface area (Å²) in [6.07, 6.45) is 3.46. The molecule has 9 nitrogen and oxygen atoms in total. The van der Waals surface area contributed by atoms with Gasteiger partial charge in [-0.15, -0.1) is 0 Å². The lowest BCUT2D eigenvalue weighted by atomic mass is 10.1. The van der Waals surface area contributed by atoms with Gasteiger partial charge in [0.25, 0.3) is 0 Å². The monoisotopic (exact) mass is 504 g/mol. The van der Waals surface area contributed by atoms with Crippen LogP contribution in [0.25, 0.3) is 21.9 Å². The standard InChI is InChI=1S/C28H36N6O3/c1-3-6-20(16-35)31-26-25-24(32-27(29)33-26)21-7-4-5-8-22(21)34(25)15-19-13-18(9-10-23(19)37-2)14-30-17-28(36)11-12-28/h4-5,7-10,13,20,30,35-36H,3,6,11-12,14-17H2,1-2H3,(H3,29,31,32,33)/t20-/m0/s1. The maximum atomic E-state index is 10.1. The smallest absolute Gasteiger partial charge is 0.222 e. The topological polar surface area (TPSA) is 130 Å². The van der Waals surface area contributed by atoms with Crippen molar-refractivity contribution in [1.82, 2.24) is 19.9 Å². The van der Waals surface area contributed by atoms with E-state index in [0.29, 0.717) is 25.5 Å². The van der Waals surface area contributed by atoms with Crippen molar-refractivity contribution in [3.63, 3.8) is 0 Å². The molecule has 1 fully saturated rings. The second-order valence-electron chi connectivity index (χ2n) is 10.0. The predicted octanol–water partition coefficient (Wildman–Crippen LogP) is 3.41. The van der Waals surface area contributed by atoms with Gasteiger partial charge >= 0.3 is 0 Å². The van der Waals surface area contributed by atoms with Crippen molar-refractivity contribution in [2.45, 2.75) is 57.3 Å². The van der Waals surface area contributed by atoms with Crippen molar-refractivity contribution in [1.29, 1.82) is 0 Å². The molecule has 37 heavy (non-hydrogen) atoms. The maximum Gasteiger partial charge on any atom is 0.222 e. The second kappa shape index (κ2) is 10.5. The highest BCUT2D eigenvalue weighted by molar-refractivity contribution is 6.09. The Morgan fingerprint density at radius 2 is 2.00 bits per heavy atom. The molecule has 196 valence electrons. The lowest BCUT2D eigenvalue weighted by Gasteiger charge is -2.19. The van der Waals surface area contributed by atoms with Gasteiger partial charge in [0.1, 0.15) is 16.8 Å². The molecule has 0 aliphatic heterocycles. The fourth-order valence-electron chi connectivity index (χ4n) is 4.96. The number of nitrogens with two attached hydrogens (primary N) is 1. The van der Waals surface area contributed by atoms with Crippen LogP contribution in [0.2, 0.25) is 0 Å². The lowest BCUT2D eigenvalue weighted by Crippen LogP contribution is -2.27. The average molecular weight is 505 g/mol. The Kier molecular flexibility index (Phi) is 7.19. The molecule has 5 rings (SSSR count). The number of hydrogen-bond donors (Lipinski definition) is 5. The number of rotatable bonds is 12. The number of aromatic nitrogens is 3. The first-order valence-electron chi connectivity index (χ1n) is 13.0. The lowest BCUT2D eigenvalue weighted by molar-refractivity contribution is 0.147. The van der Waals surface area contributed by atoms with Gasteiger partial charge in [-0.2, -0.15) is 4.98 Å². The zero-order chi connectivity index (χ0) is 26.0. The molecule has 9 heteroatoms. The molecule has 1 saturated carbocycles. The van der Waals surface area contributed by atoms with E-state index in [1.54, 1.807) is 7.11 Å². The van der Waals surface area contributed by atoms with Crippen LogP contribution in [0.4, 0.5) is 11.8 Å². The van der Waals surface area contributed by atoms with Crippen molar-refractivity contribution in [3.8, 4) is 5.75 Å². The van der Waals surface area contributed by atoms with Crippen LogP contribution < -0.4 is 21.1 Å². The Morgan fingerprint density at radius 3 is 2.73 bits per heavy atom. The van der Waals surface area contributed by atoms with E-state index in [0.717, 1.165) is 64.5 Å². The highest BCUT2D eigenvalue weighted by Gasteiger charge is 2.39. The number of nitrogens with one attached hydrogen (secondary N) is 2. The van der Waals surface area contributed by atoms with E-state index < -0.39 is 5.60 Å². The molecule has 1 aliphatic carbocycles. The largest absolute Gasteiger partial charge is 0.496 e. The third-order valence-corrected chi connectivity index (χ3v) is 7.10. The number of ether oxygens (including phenoxy) is 1. The molecule has 2 aromatic carbocycles. The third-order valence-electron chi connectivity index (χ3n) is 7.10. The van der Waals surface area contributed by atoms with Crippen LogP contribution >= 0.6 is 0 Å². The number of aliphatic hydroxyl groups excluding tert-OH is 1. The first kappa shape index (κ1) is 25.3. The first-order chi connectivity index (χ1) is 17.9. The Hall–Kier alpha value is -3.40. The normalized spacial score (nSPS) is 15.2. The van der Waals surface area contributed by atoms with Crippen molar-refractivity contribution < 1.29 is 14.9 Å². The Balaban J connectivity index is 1.57. The Bertz CT molecular complexity index is 1400. The summed E-state index contributed by atoms with van der Waals surface area (Å²) in [7, 11) is 1.68. The quantitative estimate of drug-likeness (QED) is 0.198. The summed E-state index contributed by atoms with van der Waals surface area (Å²) in [6, 6.07) is 14.2. The van der Waals surface area contributed by atoms with E-state index >= 15 is 0 Å². The average Bonchev–Trinajstić information content (AvgIpc) is 3.55. The summed E-state index contributed by atoms with van der Waals surface area (Å²) in [5.74, 6) is 1.59. The number of nitrogen functional groups attached to an aromatic ring is 1. The number of fused-ring (bicyclic) bond motifs is 3. The van der Waals surface area contributed by atoms with Crippen molar-refractivity contribution in [3.05, 3.63) is 53.6 Å². The fourth-order valence-corrected chi connectivity index (χ4v) is 4.96. The summed E-state index contributed by atoms with van der Waals surface area (Å²) < 4.78 is 7.92. The van der Waals surface area contributed by atoms with Gasteiger partial charge in [-0.25, -0.2) is 4.98 Å². The molecule has 1 aliphatic rings. The number of methoxy groups -OCH3 is 1. The number of aliphatic hydroxyl groups is 2. The van der Waals surface area contributed by atoms with E-state index in [4.69, 9.17) is 10.5 Å². The van der Waals surface area contributed by atoms with Gasteiger partial charge in [0, 0.05) is 24.0 Å². The van der Waals surface area contributed by atoms with Crippen LogP contribution in [0, 0.1) is 0 Å². The molecule has 0 radical (unpaired) electrons. The number of benzene rings is 2. The highest BCUT2D eigenvalue weighted by Crippen LogP contribution is 2.35. The number of para-hydroxylation sites is 1. The summed E-state index contributed by atoms with van der Waals surface area (Å²) in [5.41, 5.74) is 10.4. The molecule has 2 aromatic heterocycles. The molecule has 0 amide bonds. The number of nitrogens with zero attached hydrogens (tertiary/aromatic N) is 3. The minimum atomic E-state index is -0.534. The van der Waals surface area contributed by atoms with Gasteiger partial charge in [0.15, 0.2) is 5.82 Å². The summed E-state index contributed by atoms with van der Waals surface area (Å²) in [6.45, 7) is 3.87. The maximum absolute atomic E-state index is 10.1. The van der Waals surface area contributed by atoms with Crippen LogP contribution in [0.1, 0.15) is 43.7 Å². The Morgan fingerprint density at radius 1 is 1.19 bits per heavy atom. The Labute approximate surface area is 216 Å². The zero-order valence-corrected chi connectivity index (χ0v) is 21.5. The van der Waals surface area contributed by atoms with Crippen LogP contribution in [0.3, 0.4) is 0 Å². The molecular formula is C28H36N6O3. The van der Waals surface area contributed by atoms with Gasteiger partial charge in [-0.05, 0) is 43.0 Å². The van der Waals surface area contributed by atoms with E-state index in [1.807, 2.05) is 30.3 Å². The van der Waals surface area contributed by atoms with Crippen molar-refractivity contribution >= 4 is 33.7 Å². The highest BCUT2D eigenvalue weighted by atomic mass is 16.5. The van der Waals surface area contributed by atoms with E-state index in [1.165, 1.54) is 0 Å². The van der Waals surface area contributed by atoms with Crippen molar-refractivity contribution in [2.75, 3.05) is 31.3 Å². The molecule has 0 unspecified atom stereocenters. The second-order valence-corrected chi connectivity index (χ2v) is 10.0. The van der Waals surface area contributed by atoms with Crippen molar-refractivity contribution in [2.24, 2.45) is 0 Å². The van der Waals surface area contributed by atoms with Crippen LogP contribution in [0.15, 0.2) is 42.5 Å². The van der Waals surface area contributed by atoms with E-state index in [-0.39, 0.29) is 18.6 Å². The molecule has 4 aromatic rings. The fraction of sp³-hybridized carbons (Fsp3) is 0.429. The molecule has 0 saturated heterocycles. The zero-order valence-electron chi connectivity index (χ0n) is 21.5. The van der Waals surface area contributed by atoms with Gasteiger partial charge in [-0.3, -0.25) is 0 Å². The first-order valence-corrected chi connectivity index (χ1v) is 13.0. The number of anilines is 2. The van der Waals surface area contributed by atoms with Gasteiger partial charge in [0.05, 0.1) is 37.4 Å². The molecular weight excluding hydrogens is 468 g/mol. The predicted molar refractivity (Wildman–Crippen MR) is 147 cm³/mol. The van der Waals surface area contributed by atoms with Gasteiger partial charge in [-0.1, -0.05) is 37.6 Å². The van der Waals surface area contributed by atoms with Gasteiger partial charge in [0.2, 0.25) is 5.95 Å². The summed E-state index contributed by atoms with van der Waals surface area (Å²) in [4.78, 5) is 9.17. The summed E-state index contributed by atoms with van der Waals surface area (Å²) >= 11 is 0.